The number of amides is 1. The summed E-state index contributed by atoms with van der Waals surface area (Å²) in [5, 5.41) is 24.3. The molecule has 11 heteroatoms. The van der Waals surface area contributed by atoms with E-state index in [0.29, 0.717) is 0 Å². The minimum absolute atomic E-state index is 0.0808. The SMILES string of the molecule is O=C(c1ccco1)N1N=C(c2ccc([N+](=O)[O-])cc2)CC1(O)C(F)(F)F. The fourth-order valence-electron chi connectivity index (χ4n) is 2.42. The second-order valence-corrected chi connectivity index (χ2v) is 5.44. The maximum absolute atomic E-state index is 13.4. The Balaban J connectivity index is 2.01. The summed E-state index contributed by atoms with van der Waals surface area (Å²) < 4.78 is 45.0. The van der Waals surface area contributed by atoms with E-state index in [1.54, 1.807) is 0 Å². The Hall–Kier alpha value is -3.21. The topological polar surface area (TPSA) is 109 Å². The van der Waals surface area contributed by atoms with Crippen molar-refractivity contribution in [1.29, 1.82) is 0 Å². The number of hydrogen-bond acceptors (Lipinski definition) is 6. The van der Waals surface area contributed by atoms with Crippen molar-refractivity contribution in [3.63, 3.8) is 0 Å². The van der Waals surface area contributed by atoms with Gasteiger partial charge in [-0.1, -0.05) is 0 Å². The fraction of sp³-hybridized carbons (Fsp3) is 0.200. The lowest BCUT2D eigenvalue weighted by Gasteiger charge is -2.31. The molecule has 0 radical (unpaired) electrons. The average molecular weight is 369 g/mol. The summed E-state index contributed by atoms with van der Waals surface area (Å²) in [6.45, 7) is 0. The molecule has 0 saturated heterocycles. The highest BCUT2D eigenvalue weighted by atomic mass is 19.4. The zero-order valence-electron chi connectivity index (χ0n) is 12.8. The van der Waals surface area contributed by atoms with Crippen LogP contribution in [0, 0.1) is 10.1 Å². The summed E-state index contributed by atoms with van der Waals surface area (Å²) in [5.41, 5.74) is -3.97. The number of non-ortho nitro benzene ring substituents is 1. The minimum atomic E-state index is -5.19. The molecule has 2 aromatic rings. The zero-order chi connectivity index (χ0) is 19.1. The number of hydrazone groups is 1. The van der Waals surface area contributed by atoms with Crippen molar-refractivity contribution in [2.75, 3.05) is 0 Å². The van der Waals surface area contributed by atoms with Crippen LogP contribution in [0.4, 0.5) is 18.9 Å². The van der Waals surface area contributed by atoms with Crippen molar-refractivity contribution in [3.05, 3.63) is 64.1 Å². The third-order valence-electron chi connectivity index (χ3n) is 3.77. The van der Waals surface area contributed by atoms with Crippen LogP contribution in [0.5, 0.6) is 0 Å². The van der Waals surface area contributed by atoms with Crippen LogP contribution in [0.3, 0.4) is 0 Å². The number of nitro benzene ring substituents is 1. The molecule has 26 heavy (non-hydrogen) atoms. The predicted molar refractivity (Wildman–Crippen MR) is 80.1 cm³/mol. The number of benzene rings is 1. The van der Waals surface area contributed by atoms with Crippen molar-refractivity contribution < 1.29 is 32.4 Å². The number of furan rings is 1. The van der Waals surface area contributed by atoms with Crippen molar-refractivity contribution in [2.45, 2.75) is 18.3 Å². The minimum Gasteiger partial charge on any atom is -0.459 e. The van der Waals surface area contributed by atoms with Crippen LogP contribution in [0.1, 0.15) is 22.5 Å². The standard InChI is InChI=1S/C15H10F3N3O5/c16-15(17,18)14(23)8-11(9-3-5-10(6-4-9)21(24)25)19-20(14)13(22)12-2-1-7-26-12/h1-7,23H,8H2. The number of alkyl halides is 3. The molecule has 1 N–H and O–H groups in total. The van der Waals surface area contributed by atoms with Gasteiger partial charge in [-0.05, 0) is 29.8 Å². The summed E-state index contributed by atoms with van der Waals surface area (Å²) in [4.78, 5) is 22.3. The van der Waals surface area contributed by atoms with Gasteiger partial charge >= 0.3 is 12.1 Å². The molecule has 0 saturated carbocycles. The Labute approximate surface area is 143 Å². The maximum atomic E-state index is 13.4. The number of carbonyl (C=O) groups excluding carboxylic acids is 1. The number of hydrogen-bond donors (Lipinski definition) is 1. The van der Waals surface area contributed by atoms with E-state index < -0.39 is 34.9 Å². The van der Waals surface area contributed by atoms with E-state index in [2.05, 4.69) is 5.10 Å². The lowest BCUT2D eigenvalue weighted by Crippen LogP contribution is -2.56. The van der Waals surface area contributed by atoms with E-state index >= 15 is 0 Å². The Morgan fingerprint density at radius 2 is 1.96 bits per heavy atom. The summed E-state index contributed by atoms with van der Waals surface area (Å²) in [6, 6.07) is 6.99. The lowest BCUT2D eigenvalue weighted by atomic mass is 10.0. The van der Waals surface area contributed by atoms with E-state index in [9.17, 15) is 33.2 Å². The highest BCUT2D eigenvalue weighted by Gasteiger charge is 2.63. The molecule has 1 atom stereocenters. The molecule has 1 unspecified atom stereocenters. The van der Waals surface area contributed by atoms with Gasteiger partial charge in [-0.25, -0.2) is 0 Å². The van der Waals surface area contributed by atoms with Crippen molar-refractivity contribution >= 4 is 17.3 Å². The molecule has 1 aromatic carbocycles. The van der Waals surface area contributed by atoms with Gasteiger partial charge in [0, 0.05) is 12.1 Å². The Kier molecular flexibility index (Phi) is 4.03. The van der Waals surface area contributed by atoms with Crippen LogP contribution in [0.2, 0.25) is 0 Å². The zero-order valence-corrected chi connectivity index (χ0v) is 12.8. The van der Waals surface area contributed by atoms with E-state index in [-0.39, 0.29) is 22.0 Å². The highest BCUT2D eigenvalue weighted by molar-refractivity contribution is 6.05. The normalized spacial score (nSPS) is 20.2. The van der Waals surface area contributed by atoms with E-state index in [1.807, 2.05) is 0 Å². The first-order valence-electron chi connectivity index (χ1n) is 7.13. The molecule has 1 aliphatic rings. The summed E-state index contributed by atoms with van der Waals surface area (Å²) >= 11 is 0. The lowest BCUT2D eigenvalue weighted by molar-refractivity contribution is -0.384. The van der Waals surface area contributed by atoms with Gasteiger partial charge in [0.15, 0.2) is 5.76 Å². The van der Waals surface area contributed by atoms with Crippen LogP contribution in [-0.2, 0) is 0 Å². The third-order valence-corrected chi connectivity index (χ3v) is 3.77. The molecule has 136 valence electrons. The molecule has 2 heterocycles. The fourth-order valence-corrected chi connectivity index (χ4v) is 2.42. The second-order valence-electron chi connectivity index (χ2n) is 5.44. The van der Waals surface area contributed by atoms with E-state index in [0.717, 1.165) is 24.5 Å². The van der Waals surface area contributed by atoms with Gasteiger partial charge in [-0.2, -0.15) is 23.3 Å². The Morgan fingerprint density at radius 1 is 1.31 bits per heavy atom. The number of nitrogens with zero attached hydrogens (tertiary/aromatic N) is 3. The van der Waals surface area contributed by atoms with Crippen LogP contribution in [0.15, 0.2) is 52.2 Å². The van der Waals surface area contributed by atoms with Crippen LogP contribution < -0.4 is 0 Å². The highest BCUT2D eigenvalue weighted by Crippen LogP contribution is 2.42. The molecule has 8 nitrogen and oxygen atoms in total. The van der Waals surface area contributed by atoms with Crippen molar-refractivity contribution in [2.24, 2.45) is 5.10 Å². The van der Waals surface area contributed by atoms with Gasteiger partial charge in [-0.3, -0.25) is 14.9 Å². The van der Waals surface area contributed by atoms with Gasteiger partial charge in [0.05, 0.1) is 23.3 Å². The molecule has 0 aliphatic carbocycles. The van der Waals surface area contributed by atoms with Crippen molar-refractivity contribution in [3.8, 4) is 0 Å². The first-order chi connectivity index (χ1) is 12.1. The quantitative estimate of drug-likeness (QED) is 0.661. The second kappa shape index (κ2) is 5.95. The third kappa shape index (κ3) is 2.81. The summed E-state index contributed by atoms with van der Waals surface area (Å²) in [7, 11) is 0. The molecule has 1 amide bonds. The maximum Gasteiger partial charge on any atom is 0.438 e. The van der Waals surface area contributed by atoms with Gasteiger partial charge in [0.25, 0.3) is 11.4 Å². The molecule has 0 fully saturated rings. The molecular weight excluding hydrogens is 359 g/mol. The average Bonchev–Trinajstić information content (AvgIpc) is 3.22. The number of nitro groups is 1. The number of aliphatic hydroxyl groups is 1. The monoisotopic (exact) mass is 369 g/mol. The van der Waals surface area contributed by atoms with Crippen LogP contribution in [-0.4, -0.2) is 38.6 Å². The molecular formula is C15H10F3N3O5. The smallest absolute Gasteiger partial charge is 0.438 e. The van der Waals surface area contributed by atoms with Gasteiger partial charge in [0.2, 0.25) is 0 Å². The first kappa shape index (κ1) is 17.6. The number of rotatable bonds is 3. The number of carbonyl (C=O) groups is 1. The molecule has 1 aliphatic heterocycles. The van der Waals surface area contributed by atoms with Gasteiger partial charge in [0.1, 0.15) is 0 Å². The Morgan fingerprint density at radius 3 is 2.46 bits per heavy atom. The van der Waals surface area contributed by atoms with E-state index in [4.69, 9.17) is 4.42 Å². The molecule has 3 rings (SSSR count). The molecule has 1 aromatic heterocycles. The van der Waals surface area contributed by atoms with Crippen LogP contribution >= 0.6 is 0 Å². The van der Waals surface area contributed by atoms with Gasteiger partial charge < -0.3 is 9.52 Å². The van der Waals surface area contributed by atoms with E-state index in [1.165, 1.54) is 18.2 Å². The molecule has 0 bridgehead atoms. The number of halogens is 3. The van der Waals surface area contributed by atoms with Crippen molar-refractivity contribution in [1.82, 2.24) is 5.01 Å². The summed E-state index contributed by atoms with van der Waals surface area (Å²) in [5.74, 6) is -1.70. The first-order valence-corrected chi connectivity index (χ1v) is 7.13. The summed E-state index contributed by atoms with van der Waals surface area (Å²) in [6.07, 6.45) is -5.13. The largest absolute Gasteiger partial charge is 0.459 e. The Bertz CT molecular complexity index is 877. The predicted octanol–water partition coefficient (Wildman–Crippen LogP) is 2.69. The van der Waals surface area contributed by atoms with Gasteiger partial charge in [-0.15, -0.1) is 0 Å². The van der Waals surface area contributed by atoms with Crippen LogP contribution in [0.25, 0.3) is 0 Å². The molecule has 0 spiro atoms.